The number of nitrogens with one attached hydrogen (secondary N) is 1. The lowest BCUT2D eigenvalue weighted by molar-refractivity contribution is 0.0903. The molecule has 1 N–H and O–H groups in total. The highest BCUT2D eigenvalue weighted by molar-refractivity contribution is 6.30. The van der Waals surface area contributed by atoms with Gasteiger partial charge in [-0.05, 0) is 49.1 Å². The number of anilines is 1. The smallest absolute Gasteiger partial charge is 0.251 e. The Hall–Kier alpha value is -2.81. The molecule has 2 aromatic heterocycles. The molecule has 0 aliphatic carbocycles. The molecule has 174 valence electrons. The lowest BCUT2D eigenvalue weighted by Crippen LogP contribution is -2.28. The molecule has 1 aliphatic rings. The molecule has 3 aromatic rings. The van der Waals surface area contributed by atoms with E-state index in [2.05, 4.69) is 15.3 Å². The maximum atomic E-state index is 14.1. The van der Waals surface area contributed by atoms with Gasteiger partial charge < -0.3 is 19.4 Å². The van der Waals surface area contributed by atoms with Gasteiger partial charge in [0, 0.05) is 57.0 Å². The maximum Gasteiger partial charge on any atom is 0.251 e. The zero-order valence-corrected chi connectivity index (χ0v) is 19.1. The standard InChI is InChI=1S/C24H26ClFN4O3/c1-32-11-8-22(17-2-3-19(25)20(26)14-17)30-10-5-16(15-23(30)31)21-4-9-27-24(29-21)28-18-6-12-33-13-7-18/h2-5,9-10,14-15,18,22H,6-8,11-13H2,1H3,(H,27,28,29)/t22-/m1/s1. The van der Waals surface area contributed by atoms with Crippen LogP contribution in [0.5, 0.6) is 0 Å². The second-order valence-electron chi connectivity index (χ2n) is 7.93. The van der Waals surface area contributed by atoms with Crippen molar-refractivity contribution < 1.29 is 13.9 Å². The molecule has 3 heterocycles. The van der Waals surface area contributed by atoms with E-state index in [-0.39, 0.29) is 16.6 Å². The fourth-order valence-electron chi connectivity index (χ4n) is 3.94. The summed E-state index contributed by atoms with van der Waals surface area (Å²) < 4.78 is 26.3. The predicted octanol–water partition coefficient (Wildman–Crippen LogP) is 4.31. The van der Waals surface area contributed by atoms with Gasteiger partial charge in [0.05, 0.1) is 16.8 Å². The molecule has 1 aromatic carbocycles. The summed E-state index contributed by atoms with van der Waals surface area (Å²) in [6.07, 6.45) is 5.69. The molecule has 7 nitrogen and oxygen atoms in total. The van der Waals surface area contributed by atoms with Gasteiger partial charge in [0.2, 0.25) is 5.95 Å². The highest BCUT2D eigenvalue weighted by Gasteiger charge is 2.18. The van der Waals surface area contributed by atoms with Crippen LogP contribution in [0.15, 0.2) is 53.6 Å². The average Bonchev–Trinajstić information content (AvgIpc) is 2.83. The Morgan fingerprint density at radius 1 is 1.27 bits per heavy atom. The topological polar surface area (TPSA) is 78.3 Å². The normalized spacial score (nSPS) is 15.4. The van der Waals surface area contributed by atoms with Gasteiger partial charge in [-0.25, -0.2) is 14.4 Å². The molecule has 1 aliphatic heterocycles. The van der Waals surface area contributed by atoms with Gasteiger partial charge >= 0.3 is 0 Å². The molecule has 0 amide bonds. The molecule has 1 fully saturated rings. The Kier molecular flexibility index (Phi) is 7.69. The van der Waals surface area contributed by atoms with E-state index in [1.807, 2.05) is 6.07 Å². The van der Waals surface area contributed by atoms with Crippen LogP contribution in [0.2, 0.25) is 5.02 Å². The van der Waals surface area contributed by atoms with E-state index in [9.17, 15) is 9.18 Å². The minimum Gasteiger partial charge on any atom is -0.385 e. The first-order chi connectivity index (χ1) is 16.0. The number of pyridine rings is 1. The van der Waals surface area contributed by atoms with Crippen molar-refractivity contribution in [3.8, 4) is 11.3 Å². The Morgan fingerprint density at radius 2 is 2.09 bits per heavy atom. The van der Waals surface area contributed by atoms with Gasteiger partial charge in [0.1, 0.15) is 5.82 Å². The SMILES string of the molecule is COCC[C@H](c1ccc(Cl)c(F)c1)n1ccc(-c2ccnc(NC3CCOCC3)n2)cc1=O. The van der Waals surface area contributed by atoms with E-state index < -0.39 is 11.9 Å². The van der Waals surface area contributed by atoms with Crippen LogP contribution in [-0.4, -0.2) is 47.5 Å². The summed E-state index contributed by atoms with van der Waals surface area (Å²) in [5.74, 6) is 0.00462. The van der Waals surface area contributed by atoms with Crippen molar-refractivity contribution in [2.24, 2.45) is 0 Å². The Balaban J connectivity index is 1.60. The van der Waals surface area contributed by atoms with Gasteiger partial charge in [-0.15, -0.1) is 0 Å². The number of halogens is 2. The first kappa shape index (κ1) is 23.4. The number of hydrogen-bond acceptors (Lipinski definition) is 6. The van der Waals surface area contributed by atoms with Crippen molar-refractivity contribution in [1.82, 2.24) is 14.5 Å². The monoisotopic (exact) mass is 472 g/mol. The minimum absolute atomic E-state index is 0.0425. The summed E-state index contributed by atoms with van der Waals surface area (Å²) in [7, 11) is 1.59. The van der Waals surface area contributed by atoms with Crippen LogP contribution in [0.1, 0.15) is 30.9 Å². The Morgan fingerprint density at radius 3 is 2.82 bits per heavy atom. The Bertz CT molecular complexity index is 1150. The fraction of sp³-hybridized carbons (Fsp3) is 0.375. The lowest BCUT2D eigenvalue weighted by atomic mass is 10.0. The quantitative estimate of drug-likeness (QED) is 0.526. The third-order valence-corrected chi connectivity index (χ3v) is 6.02. The molecule has 4 rings (SSSR count). The molecule has 0 spiro atoms. The largest absolute Gasteiger partial charge is 0.385 e. The van der Waals surface area contributed by atoms with Gasteiger partial charge in [0.25, 0.3) is 5.56 Å². The fourth-order valence-corrected chi connectivity index (χ4v) is 4.05. The zero-order chi connectivity index (χ0) is 23.2. The van der Waals surface area contributed by atoms with Crippen molar-refractivity contribution in [1.29, 1.82) is 0 Å². The third-order valence-electron chi connectivity index (χ3n) is 5.71. The van der Waals surface area contributed by atoms with Crippen molar-refractivity contribution >= 4 is 17.5 Å². The average molecular weight is 473 g/mol. The molecule has 9 heteroatoms. The molecule has 1 saturated heterocycles. The van der Waals surface area contributed by atoms with E-state index in [4.69, 9.17) is 21.1 Å². The summed E-state index contributed by atoms with van der Waals surface area (Å²) >= 11 is 5.84. The first-order valence-corrected chi connectivity index (χ1v) is 11.3. The maximum absolute atomic E-state index is 14.1. The van der Waals surface area contributed by atoms with Crippen molar-refractivity contribution in [2.75, 3.05) is 32.2 Å². The van der Waals surface area contributed by atoms with E-state index in [0.29, 0.717) is 35.8 Å². The number of methoxy groups -OCH3 is 1. The second kappa shape index (κ2) is 10.9. The van der Waals surface area contributed by atoms with Crippen LogP contribution >= 0.6 is 11.6 Å². The molecule has 0 radical (unpaired) electrons. The van der Waals surface area contributed by atoms with E-state index in [1.54, 1.807) is 36.2 Å². The molecule has 0 bridgehead atoms. The van der Waals surface area contributed by atoms with Crippen LogP contribution in [0.4, 0.5) is 10.3 Å². The van der Waals surface area contributed by atoms with Crippen molar-refractivity contribution in [3.05, 3.63) is 75.5 Å². The highest BCUT2D eigenvalue weighted by atomic mass is 35.5. The molecule has 1 atom stereocenters. The predicted molar refractivity (Wildman–Crippen MR) is 125 cm³/mol. The minimum atomic E-state index is -0.521. The van der Waals surface area contributed by atoms with Crippen LogP contribution in [0.3, 0.4) is 0 Å². The van der Waals surface area contributed by atoms with Crippen molar-refractivity contribution in [3.63, 3.8) is 0 Å². The van der Waals surface area contributed by atoms with Gasteiger partial charge in [-0.3, -0.25) is 4.79 Å². The lowest BCUT2D eigenvalue weighted by Gasteiger charge is -2.23. The zero-order valence-electron chi connectivity index (χ0n) is 18.3. The van der Waals surface area contributed by atoms with Crippen LogP contribution in [0.25, 0.3) is 11.3 Å². The van der Waals surface area contributed by atoms with Gasteiger partial charge in [-0.2, -0.15) is 0 Å². The molecule has 0 unspecified atom stereocenters. The van der Waals surface area contributed by atoms with Gasteiger partial charge in [0.15, 0.2) is 0 Å². The summed E-state index contributed by atoms with van der Waals surface area (Å²) in [4.78, 5) is 22.0. The summed E-state index contributed by atoms with van der Waals surface area (Å²) in [5.41, 5.74) is 1.76. The van der Waals surface area contributed by atoms with Crippen LogP contribution < -0.4 is 10.9 Å². The van der Waals surface area contributed by atoms with Gasteiger partial charge in [-0.1, -0.05) is 17.7 Å². The highest BCUT2D eigenvalue weighted by Crippen LogP contribution is 2.26. The third kappa shape index (κ3) is 5.76. The molecular weight excluding hydrogens is 447 g/mol. The summed E-state index contributed by atoms with van der Waals surface area (Å²) in [5, 5.41) is 3.39. The number of nitrogens with zero attached hydrogens (tertiary/aromatic N) is 3. The number of benzene rings is 1. The number of hydrogen-bond donors (Lipinski definition) is 1. The summed E-state index contributed by atoms with van der Waals surface area (Å²) in [6.45, 7) is 1.85. The number of rotatable bonds is 8. The first-order valence-electron chi connectivity index (χ1n) is 10.9. The Labute approximate surface area is 196 Å². The number of ether oxygens (including phenoxy) is 2. The second-order valence-corrected chi connectivity index (χ2v) is 8.34. The number of aromatic nitrogens is 3. The molecule has 0 saturated carbocycles. The van der Waals surface area contributed by atoms with Crippen molar-refractivity contribution in [2.45, 2.75) is 31.3 Å². The molecular formula is C24H26ClFN4O3. The molecule has 33 heavy (non-hydrogen) atoms. The van der Waals surface area contributed by atoms with E-state index in [1.165, 1.54) is 18.2 Å². The summed E-state index contributed by atoms with van der Waals surface area (Å²) in [6, 6.07) is 9.59. The van der Waals surface area contributed by atoms with Crippen LogP contribution in [0, 0.1) is 5.82 Å². The van der Waals surface area contributed by atoms with E-state index >= 15 is 0 Å². The van der Waals surface area contributed by atoms with E-state index in [0.717, 1.165) is 26.1 Å². The van der Waals surface area contributed by atoms with Crippen LogP contribution in [-0.2, 0) is 9.47 Å².